The lowest BCUT2D eigenvalue weighted by Crippen LogP contribution is -2.06. The van der Waals surface area contributed by atoms with Crippen molar-refractivity contribution in [1.82, 2.24) is 9.97 Å². The monoisotopic (exact) mass is 311 g/mol. The quantitative estimate of drug-likeness (QED) is 0.342. The first kappa shape index (κ1) is 18.1. The average Bonchev–Trinajstić information content (AvgIpc) is 2.51. The van der Waals surface area contributed by atoms with Gasteiger partial charge in [0.2, 0.25) is 5.88 Å². The third kappa shape index (κ3) is 8.15. The van der Waals surface area contributed by atoms with Crippen molar-refractivity contribution in [2.24, 2.45) is 0 Å². The molecule has 0 radical (unpaired) electrons. The first-order valence-corrected chi connectivity index (χ1v) is 9.32. The highest BCUT2D eigenvalue weighted by atomic mass is 32.2. The smallest absolute Gasteiger partial charge is 0.219 e. The number of hydrogen-bond donors (Lipinski definition) is 1. The highest BCUT2D eigenvalue weighted by molar-refractivity contribution is 7.98. The van der Waals surface area contributed by atoms with Gasteiger partial charge in [0.1, 0.15) is 5.82 Å². The highest BCUT2D eigenvalue weighted by Gasteiger charge is 2.04. The molecule has 0 aromatic carbocycles. The fourth-order valence-electron chi connectivity index (χ4n) is 1.97. The van der Waals surface area contributed by atoms with Crippen molar-refractivity contribution in [2.75, 3.05) is 24.7 Å². The molecule has 0 fully saturated rings. The fourth-order valence-corrected chi connectivity index (χ4v) is 2.34. The average molecular weight is 311 g/mol. The Hall–Kier alpha value is -0.970. The lowest BCUT2D eigenvalue weighted by Gasteiger charge is -2.09. The molecule has 0 unspecified atom stereocenters. The van der Waals surface area contributed by atoms with Crippen LogP contribution in [-0.2, 0) is 0 Å². The molecule has 0 aliphatic heterocycles. The Morgan fingerprint density at radius 2 is 1.81 bits per heavy atom. The number of thioether (sulfide) groups is 1. The molecule has 1 aromatic rings. The van der Waals surface area contributed by atoms with Crippen LogP contribution in [-0.4, -0.2) is 29.4 Å². The predicted molar refractivity (Wildman–Crippen MR) is 91.5 cm³/mol. The van der Waals surface area contributed by atoms with Crippen LogP contribution in [0.3, 0.4) is 0 Å². The highest BCUT2D eigenvalue weighted by Crippen LogP contribution is 2.19. The van der Waals surface area contributed by atoms with Gasteiger partial charge < -0.3 is 10.1 Å². The molecule has 120 valence electrons. The number of rotatable bonds is 12. The molecule has 1 rings (SSSR count). The second-order valence-corrected chi connectivity index (χ2v) is 5.89. The van der Waals surface area contributed by atoms with Crippen LogP contribution in [0.2, 0.25) is 0 Å². The summed E-state index contributed by atoms with van der Waals surface area (Å²) in [6.45, 7) is 6.04. The number of anilines is 1. The van der Waals surface area contributed by atoms with Gasteiger partial charge in [0.25, 0.3) is 0 Å². The van der Waals surface area contributed by atoms with Crippen LogP contribution in [0.4, 0.5) is 5.82 Å². The molecule has 0 atom stereocenters. The molecule has 1 N–H and O–H groups in total. The summed E-state index contributed by atoms with van der Waals surface area (Å²) in [5, 5.41) is 4.05. The van der Waals surface area contributed by atoms with E-state index in [0.717, 1.165) is 37.0 Å². The minimum atomic E-state index is 0.682. The van der Waals surface area contributed by atoms with Gasteiger partial charge in [-0.1, -0.05) is 57.7 Å². The SMILES string of the molecule is CCCCCCCCOc1cc(NCCC)nc(SC)n1. The van der Waals surface area contributed by atoms with Gasteiger partial charge in [0.15, 0.2) is 5.16 Å². The maximum absolute atomic E-state index is 5.77. The van der Waals surface area contributed by atoms with E-state index in [2.05, 4.69) is 29.1 Å². The van der Waals surface area contributed by atoms with Crippen molar-refractivity contribution in [1.29, 1.82) is 0 Å². The third-order valence-corrected chi connectivity index (χ3v) is 3.72. The van der Waals surface area contributed by atoms with E-state index < -0.39 is 0 Å². The van der Waals surface area contributed by atoms with Crippen LogP contribution in [0.5, 0.6) is 5.88 Å². The van der Waals surface area contributed by atoms with Gasteiger partial charge in [-0.2, -0.15) is 4.98 Å². The van der Waals surface area contributed by atoms with Crippen LogP contribution < -0.4 is 10.1 Å². The van der Waals surface area contributed by atoms with E-state index in [1.807, 2.05) is 12.3 Å². The number of hydrogen-bond acceptors (Lipinski definition) is 5. The molecule has 0 aliphatic carbocycles. The van der Waals surface area contributed by atoms with Gasteiger partial charge in [-0.25, -0.2) is 4.98 Å². The van der Waals surface area contributed by atoms with Crippen molar-refractivity contribution in [3.8, 4) is 5.88 Å². The molecule has 1 heterocycles. The van der Waals surface area contributed by atoms with Gasteiger partial charge >= 0.3 is 0 Å². The molecular formula is C16H29N3OS. The van der Waals surface area contributed by atoms with E-state index in [1.165, 1.54) is 32.1 Å². The molecule has 0 saturated heterocycles. The zero-order chi connectivity index (χ0) is 15.3. The fraction of sp³-hybridized carbons (Fsp3) is 0.750. The molecular weight excluding hydrogens is 282 g/mol. The Morgan fingerprint density at radius 3 is 2.52 bits per heavy atom. The van der Waals surface area contributed by atoms with E-state index in [0.29, 0.717) is 5.88 Å². The Morgan fingerprint density at radius 1 is 1.05 bits per heavy atom. The van der Waals surface area contributed by atoms with E-state index in [1.54, 1.807) is 11.8 Å². The van der Waals surface area contributed by atoms with Crippen LogP contribution in [0.15, 0.2) is 11.2 Å². The molecule has 0 bridgehead atoms. The first-order valence-electron chi connectivity index (χ1n) is 8.09. The molecule has 5 heteroatoms. The van der Waals surface area contributed by atoms with Gasteiger partial charge in [0, 0.05) is 12.6 Å². The largest absolute Gasteiger partial charge is 0.478 e. The summed E-state index contributed by atoms with van der Waals surface area (Å²) in [5.41, 5.74) is 0. The van der Waals surface area contributed by atoms with Gasteiger partial charge in [-0.05, 0) is 19.1 Å². The number of nitrogens with one attached hydrogen (secondary N) is 1. The van der Waals surface area contributed by atoms with Gasteiger partial charge in [-0.15, -0.1) is 0 Å². The normalized spacial score (nSPS) is 10.6. The van der Waals surface area contributed by atoms with Crippen molar-refractivity contribution < 1.29 is 4.74 Å². The van der Waals surface area contributed by atoms with Crippen molar-refractivity contribution in [2.45, 2.75) is 63.9 Å². The van der Waals surface area contributed by atoms with E-state index in [9.17, 15) is 0 Å². The van der Waals surface area contributed by atoms with Crippen molar-refractivity contribution in [3.05, 3.63) is 6.07 Å². The third-order valence-electron chi connectivity index (χ3n) is 3.17. The summed E-state index contributed by atoms with van der Waals surface area (Å²) in [5.74, 6) is 1.54. The molecule has 0 saturated carbocycles. The van der Waals surface area contributed by atoms with Gasteiger partial charge in [-0.3, -0.25) is 0 Å². The van der Waals surface area contributed by atoms with Crippen LogP contribution >= 0.6 is 11.8 Å². The topological polar surface area (TPSA) is 47.0 Å². The van der Waals surface area contributed by atoms with E-state index in [-0.39, 0.29) is 0 Å². The Kier molecular flexibility index (Phi) is 10.0. The zero-order valence-electron chi connectivity index (χ0n) is 13.7. The zero-order valence-corrected chi connectivity index (χ0v) is 14.5. The molecule has 0 spiro atoms. The van der Waals surface area contributed by atoms with Crippen molar-refractivity contribution >= 4 is 17.6 Å². The molecule has 0 amide bonds. The lowest BCUT2D eigenvalue weighted by molar-refractivity contribution is 0.290. The number of nitrogens with zero attached hydrogens (tertiary/aromatic N) is 2. The van der Waals surface area contributed by atoms with Crippen LogP contribution in [0, 0.1) is 0 Å². The van der Waals surface area contributed by atoms with Gasteiger partial charge in [0.05, 0.1) is 6.61 Å². The van der Waals surface area contributed by atoms with Crippen LogP contribution in [0.25, 0.3) is 0 Å². The number of unbranched alkanes of at least 4 members (excludes halogenated alkanes) is 5. The summed E-state index contributed by atoms with van der Waals surface area (Å²) >= 11 is 1.54. The minimum absolute atomic E-state index is 0.682. The van der Waals surface area contributed by atoms with Crippen LogP contribution in [0.1, 0.15) is 58.8 Å². The minimum Gasteiger partial charge on any atom is -0.478 e. The molecule has 1 aromatic heterocycles. The standard InChI is InChI=1S/C16H29N3OS/c1-4-6-7-8-9-10-12-20-15-13-14(17-11-5-2)18-16(19-15)21-3/h13H,4-12H2,1-3H3,(H,17,18,19). The summed E-state index contributed by atoms with van der Waals surface area (Å²) < 4.78 is 5.77. The Bertz CT molecular complexity index is 388. The van der Waals surface area contributed by atoms with E-state index in [4.69, 9.17) is 4.74 Å². The van der Waals surface area contributed by atoms with E-state index >= 15 is 0 Å². The second-order valence-electron chi connectivity index (χ2n) is 5.12. The second kappa shape index (κ2) is 11.7. The summed E-state index contributed by atoms with van der Waals surface area (Å²) in [7, 11) is 0. The molecule has 21 heavy (non-hydrogen) atoms. The Balaban J connectivity index is 2.35. The molecule has 0 aliphatic rings. The summed E-state index contributed by atoms with van der Waals surface area (Å²) in [6, 6.07) is 1.90. The summed E-state index contributed by atoms with van der Waals surface area (Å²) in [4.78, 5) is 8.83. The number of ether oxygens (including phenoxy) is 1. The maximum Gasteiger partial charge on any atom is 0.219 e. The van der Waals surface area contributed by atoms with Crippen molar-refractivity contribution in [3.63, 3.8) is 0 Å². The maximum atomic E-state index is 5.77. The Labute approximate surface area is 133 Å². The number of aromatic nitrogens is 2. The predicted octanol–water partition coefficient (Wildman–Crippen LogP) is 4.76. The molecule has 4 nitrogen and oxygen atoms in total. The summed E-state index contributed by atoms with van der Waals surface area (Å²) in [6.07, 6.45) is 10.7. The lowest BCUT2D eigenvalue weighted by atomic mass is 10.1. The first-order chi connectivity index (χ1) is 10.3.